The molecule has 1 heterocycles. The molecule has 68 valence electrons. The standard InChI is InChI=1S/C8H12O4/c9-3-5-6(10)1-4-2-7(11)12-8(4)5/h4-6,8-10H,1-3H2. The van der Waals surface area contributed by atoms with Gasteiger partial charge in [0.2, 0.25) is 0 Å². The first kappa shape index (κ1) is 8.01. The van der Waals surface area contributed by atoms with Gasteiger partial charge in [0.15, 0.2) is 0 Å². The van der Waals surface area contributed by atoms with Crippen molar-refractivity contribution in [1.82, 2.24) is 0 Å². The number of carbonyl (C=O) groups excluding carboxylic acids is 1. The molecule has 4 nitrogen and oxygen atoms in total. The molecule has 0 spiro atoms. The molecule has 4 heteroatoms. The van der Waals surface area contributed by atoms with Gasteiger partial charge in [-0.3, -0.25) is 4.79 Å². The van der Waals surface area contributed by atoms with Crippen molar-refractivity contribution in [2.45, 2.75) is 25.0 Å². The van der Waals surface area contributed by atoms with E-state index in [4.69, 9.17) is 9.84 Å². The minimum atomic E-state index is -0.502. The molecule has 0 radical (unpaired) electrons. The summed E-state index contributed by atoms with van der Waals surface area (Å²) in [6, 6.07) is 0. The molecule has 2 N–H and O–H groups in total. The Morgan fingerprint density at radius 1 is 1.58 bits per heavy atom. The molecule has 1 saturated carbocycles. The molecule has 0 aromatic heterocycles. The maximum absolute atomic E-state index is 10.8. The Morgan fingerprint density at radius 2 is 2.33 bits per heavy atom. The van der Waals surface area contributed by atoms with E-state index in [0.29, 0.717) is 12.8 Å². The third-order valence-corrected chi connectivity index (χ3v) is 2.83. The van der Waals surface area contributed by atoms with Crippen LogP contribution in [0.1, 0.15) is 12.8 Å². The lowest BCUT2D eigenvalue weighted by molar-refractivity contribution is -0.144. The summed E-state index contributed by atoms with van der Waals surface area (Å²) < 4.78 is 5.00. The fraction of sp³-hybridized carbons (Fsp3) is 0.875. The lowest BCUT2D eigenvalue weighted by Gasteiger charge is -2.16. The lowest BCUT2D eigenvalue weighted by Crippen LogP contribution is -2.28. The average Bonchev–Trinajstić information content (AvgIpc) is 2.43. The minimum absolute atomic E-state index is 0.102. The lowest BCUT2D eigenvalue weighted by atomic mass is 10.0. The average molecular weight is 172 g/mol. The van der Waals surface area contributed by atoms with Crippen LogP contribution in [0.3, 0.4) is 0 Å². The van der Waals surface area contributed by atoms with E-state index in [-0.39, 0.29) is 30.5 Å². The Kier molecular flexibility index (Phi) is 1.81. The smallest absolute Gasteiger partial charge is 0.306 e. The van der Waals surface area contributed by atoms with Gasteiger partial charge in [-0.1, -0.05) is 0 Å². The monoisotopic (exact) mass is 172 g/mol. The van der Waals surface area contributed by atoms with Crippen LogP contribution in [0.5, 0.6) is 0 Å². The van der Waals surface area contributed by atoms with Crippen molar-refractivity contribution in [3.05, 3.63) is 0 Å². The van der Waals surface area contributed by atoms with Crippen LogP contribution in [0.4, 0.5) is 0 Å². The van der Waals surface area contributed by atoms with Gasteiger partial charge >= 0.3 is 5.97 Å². The number of aliphatic hydroxyl groups excluding tert-OH is 2. The third-order valence-electron chi connectivity index (χ3n) is 2.83. The van der Waals surface area contributed by atoms with Crippen molar-refractivity contribution in [3.63, 3.8) is 0 Å². The van der Waals surface area contributed by atoms with Crippen LogP contribution in [0.25, 0.3) is 0 Å². The van der Waals surface area contributed by atoms with Crippen LogP contribution in [-0.2, 0) is 9.53 Å². The van der Waals surface area contributed by atoms with Gasteiger partial charge in [-0.15, -0.1) is 0 Å². The van der Waals surface area contributed by atoms with Crippen LogP contribution in [-0.4, -0.2) is 35.0 Å². The minimum Gasteiger partial charge on any atom is -0.462 e. The molecule has 1 aliphatic carbocycles. The zero-order valence-corrected chi connectivity index (χ0v) is 6.64. The molecular formula is C8H12O4. The van der Waals surface area contributed by atoms with Crippen molar-refractivity contribution >= 4 is 5.97 Å². The predicted octanol–water partition coefficient (Wildman–Crippen LogP) is -0.709. The maximum atomic E-state index is 10.8. The highest BCUT2D eigenvalue weighted by Crippen LogP contribution is 2.40. The van der Waals surface area contributed by atoms with E-state index in [1.54, 1.807) is 0 Å². The van der Waals surface area contributed by atoms with Crippen molar-refractivity contribution < 1.29 is 19.7 Å². The first-order chi connectivity index (χ1) is 5.72. The Morgan fingerprint density at radius 3 is 3.00 bits per heavy atom. The number of hydrogen-bond acceptors (Lipinski definition) is 4. The molecule has 0 amide bonds. The SMILES string of the molecule is O=C1CC2CC(O)C(CO)C2O1. The van der Waals surface area contributed by atoms with Gasteiger partial charge in [-0.2, -0.15) is 0 Å². The molecule has 1 aliphatic heterocycles. The summed E-state index contributed by atoms with van der Waals surface area (Å²) in [6.07, 6.45) is 0.246. The fourth-order valence-electron chi connectivity index (χ4n) is 2.21. The number of carbonyl (C=O) groups is 1. The Labute approximate surface area is 70.1 Å². The van der Waals surface area contributed by atoms with Crippen molar-refractivity contribution in [2.24, 2.45) is 11.8 Å². The second kappa shape index (κ2) is 2.71. The first-order valence-electron chi connectivity index (χ1n) is 4.20. The number of esters is 1. The fourth-order valence-corrected chi connectivity index (χ4v) is 2.21. The van der Waals surface area contributed by atoms with Crippen LogP contribution >= 0.6 is 0 Å². The molecule has 0 aromatic carbocycles. The molecule has 2 fully saturated rings. The third kappa shape index (κ3) is 1.03. The second-order valence-electron chi connectivity index (χ2n) is 3.57. The van der Waals surface area contributed by atoms with Gasteiger partial charge in [0.1, 0.15) is 6.10 Å². The summed E-state index contributed by atoms with van der Waals surface area (Å²) in [6.45, 7) is -0.102. The number of aliphatic hydroxyl groups is 2. The topological polar surface area (TPSA) is 66.8 Å². The maximum Gasteiger partial charge on any atom is 0.306 e. The van der Waals surface area contributed by atoms with Gasteiger partial charge in [0.25, 0.3) is 0 Å². The van der Waals surface area contributed by atoms with Gasteiger partial charge in [-0.05, 0) is 6.42 Å². The Balaban J connectivity index is 2.11. The molecule has 4 unspecified atom stereocenters. The molecule has 1 saturated heterocycles. The van der Waals surface area contributed by atoms with Crippen molar-refractivity contribution in [2.75, 3.05) is 6.61 Å². The highest BCUT2D eigenvalue weighted by Gasteiger charge is 2.49. The number of ether oxygens (including phenoxy) is 1. The molecular weight excluding hydrogens is 160 g/mol. The highest BCUT2D eigenvalue weighted by atomic mass is 16.6. The van der Waals surface area contributed by atoms with E-state index in [2.05, 4.69) is 0 Å². The van der Waals surface area contributed by atoms with E-state index in [0.717, 1.165) is 0 Å². The normalized spacial score (nSPS) is 46.0. The van der Waals surface area contributed by atoms with Crippen LogP contribution in [0.15, 0.2) is 0 Å². The molecule has 2 aliphatic rings. The molecule has 12 heavy (non-hydrogen) atoms. The van der Waals surface area contributed by atoms with E-state index in [9.17, 15) is 9.90 Å². The van der Waals surface area contributed by atoms with Gasteiger partial charge in [0.05, 0.1) is 19.1 Å². The van der Waals surface area contributed by atoms with Gasteiger partial charge < -0.3 is 14.9 Å². The van der Waals surface area contributed by atoms with Gasteiger partial charge in [-0.25, -0.2) is 0 Å². The molecule has 0 bridgehead atoms. The predicted molar refractivity (Wildman–Crippen MR) is 39.2 cm³/mol. The summed E-state index contributed by atoms with van der Waals surface area (Å²) in [5, 5.41) is 18.3. The van der Waals surface area contributed by atoms with Gasteiger partial charge in [0, 0.05) is 11.8 Å². The summed E-state index contributed by atoms with van der Waals surface area (Å²) in [5.74, 6) is -0.332. The van der Waals surface area contributed by atoms with Crippen molar-refractivity contribution in [1.29, 1.82) is 0 Å². The number of fused-ring (bicyclic) bond motifs is 1. The zero-order valence-electron chi connectivity index (χ0n) is 6.64. The number of rotatable bonds is 1. The van der Waals surface area contributed by atoms with E-state index < -0.39 is 6.10 Å². The summed E-state index contributed by atoms with van der Waals surface area (Å²) in [4.78, 5) is 10.8. The van der Waals surface area contributed by atoms with Crippen LogP contribution in [0, 0.1) is 11.8 Å². The first-order valence-corrected chi connectivity index (χ1v) is 4.20. The van der Waals surface area contributed by atoms with Crippen LogP contribution < -0.4 is 0 Å². The van der Waals surface area contributed by atoms with E-state index in [1.165, 1.54) is 0 Å². The summed E-state index contributed by atoms with van der Waals surface area (Å²) in [7, 11) is 0. The van der Waals surface area contributed by atoms with E-state index >= 15 is 0 Å². The quantitative estimate of drug-likeness (QED) is 0.513. The second-order valence-corrected chi connectivity index (χ2v) is 3.57. The van der Waals surface area contributed by atoms with Crippen molar-refractivity contribution in [3.8, 4) is 0 Å². The highest BCUT2D eigenvalue weighted by molar-refractivity contribution is 5.72. The summed E-state index contributed by atoms with van der Waals surface area (Å²) >= 11 is 0. The molecule has 2 rings (SSSR count). The van der Waals surface area contributed by atoms with Crippen LogP contribution in [0.2, 0.25) is 0 Å². The zero-order chi connectivity index (χ0) is 8.72. The molecule has 4 atom stereocenters. The summed E-state index contributed by atoms with van der Waals surface area (Å²) in [5.41, 5.74) is 0. The Bertz CT molecular complexity index is 203. The Hall–Kier alpha value is -0.610. The number of hydrogen-bond donors (Lipinski definition) is 2. The largest absolute Gasteiger partial charge is 0.462 e. The molecule has 0 aromatic rings. The van der Waals surface area contributed by atoms with E-state index in [1.807, 2.05) is 0 Å².